The molecule has 2 rings (SSSR count). The van der Waals surface area contributed by atoms with E-state index in [0.29, 0.717) is 0 Å². The SMILES string of the molecule is NC(=O)OC(=O)C[N+]1=Cc2ccccc2CC1. The third-order valence-electron chi connectivity index (χ3n) is 2.59. The van der Waals surface area contributed by atoms with Crippen LogP contribution in [0, 0.1) is 0 Å². The van der Waals surface area contributed by atoms with Crippen molar-refractivity contribution in [2.24, 2.45) is 5.73 Å². The second-order valence-corrected chi connectivity index (χ2v) is 3.84. The number of fused-ring (bicyclic) bond motifs is 1. The van der Waals surface area contributed by atoms with Crippen LogP contribution < -0.4 is 5.73 Å². The Hall–Kier alpha value is -2.17. The third kappa shape index (κ3) is 2.90. The number of benzene rings is 1. The van der Waals surface area contributed by atoms with Crippen molar-refractivity contribution in [2.45, 2.75) is 6.42 Å². The Morgan fingerprint density at radius 1 is 1.35 bits per heavy atom. The average molecular weight is 233 g/mol. The summed E-state index contributed by atoms with van der Waals surface area (Å²) in [5.74, 6) is -0.631. The number of ether oxygens (including phenoxy) is 1. The monoisotopic (exact) mass is 233 g/mol. The van der Waals surface area contributed by atoms with E-state index < -0.39 is 12.1 Å². The number of carbonyl (C=O) groups excluding carboxylic acids is 2. The Balaban J connectivity index is 2.07. The third-order valence-corrected chi connectivity index (χ3v) is 2.59. The zero-order chi connectivity index (χ0) is 12.3. The Kier molecular flexibility index (Phi) is 3.18. The van der Waals surface area contributed by atoms with Gasteiger partial charge < -0.3 is 10.5 Å². The van der Waals surface area contributed by atoms with Crippen LogP contribution in [0.2, 0.25) is 0 Å². The van der Waals surface area contributed by atoms with E-state index in [1.807, 2.05) is 29.0 Å². The van der Waals surface area contributed by atoms with E-state index in [1.165, 1.54) is 5.56 Å². The molecule has 2 N–H and O–H groups in total. The van der Waals surface area contributed by atoms with Crippen molar-refractivity contribution in [1.82, 2.24) is 0 Å². The molecule has 1 amide bonds. The van der Waals surface area contributed by atoms with Crippen LogP contribution in [0.3, 0.4) is 0 Å². The van der Waals surface area contributed by atoms with Crippen LogP contribution in [0.4, 0.5) is 4.79 Å². The van der Waals surface area contributed by atoms with E-state index >= 15 is 0 Å². The fourth-order valence-corrected chi connectivity index (χ4v) is 1.85. The molecule has 0 spiro atoms. The van der Waals surface area contributed by atoms with Gasteiger partial charge >= 0.3 is 12.1 Å². The van der Waals surface area contributed by atoms with Crippen LogP contribution in [0.15, 0.2) is 24.3 Å². The number of amides is 1. The number of primary amides is 1. The zero-order valence-electron chi connectivity index (χ0n) is 9.26. The summed E-state index contributed by atoms with van der Waals surface area (Å²) in [6, 6.07) is 7.98. The first kappa shape index (κ1) is 11.3. The van der Waals surface area contributed by atoms with Crippen molar-refractivity contribution in [3.8, 4) is 0 Å². The molecule has 5 nitrogen and oxygen atoms in total. The van der Waals surface area contributed by atoms with Gasteiger partial charge in [0.2, 0.25) is 6.54 Å². The minimum atomic E-state index is -1.06. The molecule has 1 heterocycles. The number of carbonyl (C=O) groups is 2. The lowest BCUT2D eigenvalue weighted by Gasteiger charge is -2.11. The van der Waals surface area contributed by atoms with Crippen LogP contribution in [-0.4, -0.2) is 35.9 Å². The molecule has 1 aliphatic heterocycles. The van der Waals surface area contributed by atoms with E-state index in [-0.39, 0.29) is 6.54 Å². The first-order valence-electron chi connectivity index (χ1n) is 5.32. The molecular formula is C12H13N2O3+. The largest absolute Gasteiger partial charge is 0.412 e. The molecule has 0 saturated carbocycles. The fourth-order valence-electron chi connectivity index (χ4n) is 1.85. The molecule has 17 heavy (non-hydrogen) atoms. The molecule has 1 aromatic rings. The van der Waals surface area contributed by atoms with Crippen molar-refractivity contribution < 1.29 is 18.9 Å². The maximum absolute atomic E-state index is 11.2. The molecule has 0 fully saturated rings. The van der Waals surface area contributed by atoms with Gasteiger partial charge in [-0.3, -0.25) is 0 Å². The Morgan fingerprint density at radius 2 is 2.12 bits per heavy atom. The summed E-state index contributed by atoms with van der Waals surface area (Å²) in [6.45, 7) is 0.766. The van der Waals surface area contributed by atoms with E-state index in [2.05, 4.69) is 10.8 Å². The molecular weight excluding hydrogens is 220 g/mol. The Labute approximate surface area is 98.5 Å². The predicted octanol–water partition coefficient (Wildman–Crippen LogP) is 0.296. The highest BCUT2D eigenvalue weighted by molar-refractivity contribution is 5.85. The normalized spacial score (nSPS) is 13.5. The molecule has 1 aromatic carbocycles. The fraction of sp³-hybridized carbons (Fsp3) is 0.250. The van der Waals surface area contributed by atoms with Gasteiger partial charge in [-0.1, -0.05) is 18.2 Å². The van der Waals surface area contributed by atoms with Crippen molar-refractivity contribution in [3.63, 3.8) is 0 Å². The van der Waals surface area contributed by atoms with Gasteiger partial charge in [-0.15, -0.1) is 0 Å². The minimum absolute atomic E-state index is 0.0390. The second-order valence-electron chi connectivity index (χ2n) is 3.84. The van der Waals surface area contributed by atoms with E-state index in [4.69, 9.17) is 5.73 Å². The summed E-state index contributed by atoms with van der Waals surface area (Å²) in [7, 11) is 0. The van der Waals surface area contributed by atoms with Crippen LogP contribution in [0.25, 0.3) is 0 Å². The number of rotatable bonds is 2. The van der Waals surface area contributed by atoms with Crippen LogP contribution in [0.1, 0.15) is 11.1 Å². The molecule has 0 aromatic heterocycles. The lowest BCUT2D eigenvalue weighted by Crippen LogP contribution is -2.31. The van der Waals surface area contributed by atoms with Gasteiger partial charge in [0.1, 0.15) is 6.54 Å². The van der Waals surface area contributed by atoms with Gasteiger partial charge in [0.25, 0.3) is 0 Å². The number of hydrogen-bond donors (Lipinski definition) is 1. The highest BCUT2D eigenvalue weighted by Gasteiger charge is 2.19. The van der Waals surface area contributed by atoms with E-state index in [9.17, 15) is 9.59 Å². The van der Waals surface area contributed by atoms with Crippen molar-refractivity contribution in [2.75, 3.05) is 13.1 Å². The molecule has 0 aliphatic carbocycles. The molecule has 88 valence electrons. The van der Waals surface area contributed by atoms with Crippen molar-refractivity contribution >= 4 is 18.3 Å². The first-order valence-corrected chi connectivity index (χ1v) is 5.32. The van der Waals surface area contributed by atoms with E-state index in [0.717, 1.165) is 18.5 Å². The summed E-state index contributed by atoms with van der Waals surface area (Å²) in [5.41, 5.74) is 7.11. The van der Waals surface area contributed by atoms with Gasteiger partial charge in [-0.2, -0.15) is 0 Å². The second kappa shape index (κ2) is 4.78. The molecule has 0 atom stereocenters. The number of hydrogen-bond acceptors (Lipinski definition) is 3. The molecule has 0 bridgehead atoms. The maximum Gasteiger partial charge on any atom is 0.412 e. The van der Waals surface area contributed by atoms with Crippen LogP contribution >= 0.6 is 0 Å². The quantitative estimate of drug-likeness (QED) is 0.453. The summed E-state index contributed by atoms with van der Waals surface area (Å²) in [6.07, 6.45) is 1.70. The summed E-state index contributed by atoms with van der Waals surface area (Å²) in [4.78, 5) is 21.6. The lowest BCUT2D eigenvalue weighted by molar-refractivity contribution is -0.514. The van der Waals surface area contributed by atoms with Gasteiger partial charge in [0, 0.05) is 12.0 Å². The average Bonchev–Trinajstić information content (AvgIpc) is 2.27. The highest BCUT2D eigenvalue weighted by atomic mass is 16.6. The lowest BCUT2D eigenvalue weighted by atomic mass is 10.0. The molecule has 0 saturated heterocycles. The maximum atomic E-state index is 11.2. The molecule has 5 heteroatoms. The first-order chi connectivity index (χ1) is 8.15. The summed E-state index contributed by atoms with van der Waals surface area (Å²) in [5, 5.41) is 0. The summed E-state index contributed by atoms with van der Waals surface area (Å²) >= 11 is 0. The number of esters is 1. The smallest absolute Gasteiger partial charge is 0.372 e. The molecule has 1 aliphatic rings. The van der Waals surface area contributed by atoms with Crippen molar-refractivity contribution in [3.05, 3.63) is 35.4 Å². The summed E-state index contributed by atoms with van der Waals surface area (Å²) < 4.78 is 6.09. The molecule has 0 unspecified atom stereocenters. The van der Waals surface area contributed by atoms with E-state index in [1.54, 1.807) is 0 Å². The van der Waals surface area contributed by atoms with Crippen LogP contribution in [0.5, 0.6) is 0 Å². The number of nitrogens with zero attached hydrogens (tertiary/aromatic N) is 1. The minimum Gasteiger partial charge on any atom is -0.372 e. The Bertz CT molecular complexity index is 494. The van der Waals surface area contributed by atoms with Crippen LogP contribution in [-0.2, 0) is 16.0 Å². The topological polar surface area (TPSA) is 72.4 Å². The van der Waals surface area contributed by atoms with Gasteiger partial charge in [-0.05, 0) is 11.6 Å². The predicted molar refractivity (Wildman–Crippen MR) is 61.0 cm³/mol. The zero-order valence-corrected chi connectivity index (χ0v) is 9.26. The Morgan fingerprint density at radius 3 is 2.88 bits per heavy atom. The number of nitrogens with two attached hydrogens (primary N) is 1. The van der Waals surface area contributed by atoms with Crippen molar-refractivity contribution in [1.29, 1.82) is 0 Å². The van der Waals surface area contributed by atoms with Gasteiger partial charge in [0.05, 0.1) is 0 Å². The standard InChI is InChI=1S/C12H12N2O3/c13-12(16)17-11(15)8-14-6-5-9-3-1-2-4-10(9)7-14/h1-4,7H,5-6,8H2,(H-,13,16)/p+1. The molecule has 0 radical (unpaired) electrons. The highest BCUT2D eigenvalue weighted by Crippen LogP contribution is 2.10. The van der Waals surface area contributed by atoms with Gasteiger partial charge in [0.15, 0.2) is 6.21 Å². The van der Waals surface area contributed by atoms with Gasteiger partial charge in [-0.25, -0.2) is 14.2 Å².